The Morgan fingerprint density at radius 2 is 0.623 bits per heavy atom. The molecule has 0 spiro atoms. The van der Waals surface area contributed by atoms with Crippen molar-refractivity contribution in [3.63, 3.8) is 0 Å². The second kappa shape index (κ2) is 14.2. The molecule has 12 rings (SSSR count). The zero-order valence-electron chi connectivity index (χ0n) is 33.6. The first kappa shape index (κ1) is 35.2. The van der Waals surface area contributed by atoms with Crippen molar-refractivity contribution in [1.29, 1.82) is 0 Å². The lowest BCUT2D eigenvalue weighted by atomic mass is 9.67. The molecule has 0 amide bonds. The van der Waals surface area contributed by atoms with Crippen LogP contribution in [0.4, 0.5) is 0 Å². The van der Waals surface area contributed by atoms with Crippen LogP contribution in [0.5, 0.6) is 0 Å². The van der Waals surface area contributed by atoms with Crippen molar-refractivity contribution in [3.05, 3.63) is 265 Å². The Balaban J connectivity index is 1.08. The molecule has 0 heterocycles. The Bertz CT molecular complexity index is 3400. The summed E-state index contributed by atoms with van der Waals surface area (Å²) in [6.07, 6.45) is 0. The number of fused-ring (bicyclic) bond motifs is 7. The van der Waals surface area contributed by atoms with Crippen LogP contribution < -0.4 is 0 Å². The van der Waals surface area contributed by atoms with Gasteiger partial charge in [0.1, 0.15) is 0 Å². The van der Waals surface area contributed by atoms with Gasteiger partial charge in [-0.05, 0) is 147 Å². The fourth-order valence-electron chi connectivity index (χ4n) is 10.2. The lowest BCUT2D eigenvalue weighted by molar-refractivity contribution is 0.769. The molecule has 0 heteroatoms. The van der Waals surface area contributed by atoms with Crippen LogP contribution in [0.3, 0.4) is 0 Å². The fraction of sp³-hybridized carbons (Fsp3) is 0.0164. The summed E-state index contributed by atoms with van der Waals surface area (Å²) < 4.78 is 0. The second-order valence-corrected chi connectivity index (χ2v) is 16.4. The Morgan fingerprint density at radius 1 is 0.230 bits per heavy atom. The Hall–Kier alpha value is -7.80. The first-order chi connectivity index (χ1) is 30.2. The minimum atomic E-state index is -0.565. The van der Waals surface area contributed by atoms with Gasteiger partial charge < -0.3 is 0 Å². The van der Waals surface area contributed by atoms with Gasteiger partial charge in [0.25, 0.3) is 0 Å². The number of benzene rings is 11. The maximum absolute atomic E-state index is 2.52. The smallest absolute Gasteiger partial charge is 0.0622 e. The maximum atomic E-state index is 2.52. The van der Waals surface area contributed by atoms with Gasteiger partial charge in [-0.1, -0.05) is 206 Å². The summed E-state index contributed by atoms with van der Waals surface area (Å²) in [7, 11) is 0. The summed E-state index contributed by atoms with van der Waals surface area (Å²) in [4.78, 5) is 0. The summed E-state index contributed by atoms with van der Waals surface area (Å²) in [5.74, 6) is 0. The highest BCUT2D eigenvalue weighted by atomic mass is 14.5. The molecule has 0 aromatic heterocycles. The molecule has 11 aromatic rings. The predicted octanol–water partition coefficient (Wildman–Crippen LogP) is 16.2. The van der Waals surface area contributed by atoms with Gasteiger partial charge in [0.05, 0.1) is 5.41 Å². The highest BCUT2D eigenvalue weighted by molar-refractivity contribution is 6.11. The van der Waals surface area contributed by atoms with E-state index in [4.69, 9.17) is 0 Å². The predicted molar refractivity (Wildman–Crippen MR) is 258 cm³/mol. The third-order valence-corrected chi connectivity index (χ3v) is 13.1. The molecule has 284 valence electrons. The fourth-order valence-corrected chi connectivity index (χ4v) is 10.2. The van der Waals surface area contributed by atoms with E-state index in [0.29, 0.717) is 0 Å². The molecule has 0 saturated carbocycles. The van der Waals surface area contributed by atoms with Gasteiger partial charge in [-0.3, -0.25) is 0 Å². The quantitative estimate of drug-likeness (QED) is 0.158. The highest BCUT2D eigenvalue weighted by Crippen LogP contribution is 2.59. The monoisotopic (exact) mass is 772 g/mol. The second-order valence-electron chi connectivity index (χ2n) is 16.4. The SMILES string of the molecule is c1ccc(-c2ccc3cc(-c4ccc5c(c4)C(c4ccccc4)(c4ccccc4)c4cc(-c6ccc7cc(-c8ccccc8)ccc7c6)c6ccccc6c4-5)ccc3c2)cc1. The summed E-state index contributed by atoms with van der Waals surface area (Å²) in [5.41, 5.74) is 17.0. The van der Waals surface area contributed by atoms with Gasteiger partial charge in [-0.2, -0.15) is 0 Å². The average Bonchev–Trinajstić information content (AvgIpc) is 3.64. The van der Waals surface area contributed by atoms with Gasteiger partial charge in [0.2, 0.25) is 0 Å². The summed E-state index contributed by atoms with van der Waals surface area (Å²) in [6.45, 7) is 0. The molecule has 0 fully saturated rings. The van der Waals surface area contributed by atoms with Crippen LogP contribution in [0.25, 0.3) is 88.0 Å². The molecule has 0 N–H and O–H groups in total. The van der Waals surface area contributed by atoms with Gasteiger partial charge in [-0.15, -0.1) is 0 Å². The largest absolute Gasteiger partial charge is 0.0714 e. The van der Waals surface area contributed by atoms with Gasteiger partial charge >= 0.3 is 0 Å². The van der Waals surface area contributed by atoms with Crippen molar-refractivity contribution < 1.29 is 0 Å². The lowest BCUT2D eigenvalue weighted by Crippen LogP contribution is -2.28. The normalized spacial score (nSPS) is 12.7. The topological polar surface area (TPSA) is 0 Å². The average molecular weight is 773 g/mol. The van der Waals surface area contributed by atoms with Crippen molar-refractivity contribution >= 4 is 32.3 Å². The molecule has 1 aliphatic rings. The zero-order chi connectivity index (χ0) is 40.3. The molecule has 0 nitrogen and oxygen atoms in total. The molecule has 0 atom stereocenters. The Kier molecular flexibility index (Phi) is 8.18. The van der Waals surface area contributed by atoms with Gasteiger partial charge in [0.15, 0.2) is 0 Å². The van der Waals surface area contributed by atoms with Crippen molar-refractivity contribution in [1.82, 2.24) is 0 Å². The highest BCUT2D eigenvalue weighted by Gasteiger charge is 2.47. The van der Waals surface area contributed by atoms with Gasteiger partial charge in [0, 0.05) is 0 Å². The van der Waals surface area contributed by atoms with Crippen LogP contribution in [0.1, 0.15) is 22.3 Å². The molecule has 0 saturated heterocycles. The first-order valence-corrected chi connectivity index (χ1v) is 21.2. The summed E-state index contributed by atoms with van der Waals surface area (Å²) in [5, 5.41) is 7.49. The van der Waals surface area contributed by atoms with E-state index in [9.17, 15) is 0 Å². The van der Waals surface area contributed by atoms with Crippen LogP contribution >= 0.6 is 0 Å². The molecular formula is C61H40. The number of hydrogen-bond acceptors (Lipinski definition) is 0. The van der Waals surface area contributed by atoms with E-state index in [1.54, 1.807) is 0 Å². The standard InChI is InChI=1S/C61H40/c1-5-15-41(16-6-1)43-25-27-46-37-48(30-29-45(46)35-43)50-33-34-56-58(39-50)61(52-19-9-3-10-20-52,53-21-11-4-12-22-53)59-40-57(54-23-13-14-24-55(54)60(56)59)51-32-31-47-36-44(26-28-49(47)38-51)42-17-7-2-8-18-42/h1-40H. The third kappa shape index (κ3) is 5.68. The molecule has 61 heavy (non-hydrogen) atoms. The Morgan fingerprint density at radius 3 is 1.15 bits per heavy atom. The van der Waals surface area contributed by atoms with E-state index in [1.165, 1.54) is 110 Å². The van der Waals surface area contributed by atoms with Crippen molar-refractivity contribution in [3.8, 4) is 55.6 Å². The molecular weight excluding hydrogens is 733 g/mol. The van der Waals surface area contributed by atoms with E-state index >= 15 is 0 Å². The van der Waals surface area contributed by atoms with Crippen molar-refractivity contribution in [2.75, 3.05) is 0 Å². The molecule has 0 bridgehead atoms. The van der Waals surface area contributed by atoms with Crippen LogP contribution in [0.15, 0.2) is 243 Å². The van der Waals surface area contributed by atoms with Crippen molar-refractivity contribution in [2.24, 2.45) is 0 Å². The maximum Gasteiger partial charge on any atom is 0.0714 e. The van der Waals surface area contributed by atoms with E-state index in [1.807, 2.05) is 0 Å². The van der Waals surface area contributed by atoms with Crippen LogP contribution in [-0.2, 0) is 5.41 Å². The lowest BCUT2D eigenvalue weighted by Gasteiger charge is -2.34. The van der Waals surface area contributed by atoms with Gasteiger partial charge in [-0.25, -0.2) is 0 Å². The van der Waals surface area contributed by atoms with E-state index in [-0.39, 0.29) is 0 Å². The van der Waals surface area contributed by atoms with Crippen LogP contribution in [-0.4, -0.2) is 0 Å². The van der Waals surface area contributed by atoms with Crippen molar-refractivity contribution in [2.45, 2.75) is 5.41 Å². The molecule has 0 radical (unpaired) electrons. The molecule has 0 unspecified atom stereocenters. The first-order valence-electron chi connectivity index (χ1n) is 21.2. The summed E-state index contributed by atoms with van der Waals surface area (Å²) in [6, 6.07) is 90.1. The van der Waals surface area contributed by atoms with E-state index in [2.05, 4.69) is 243 Å². The molecule has 11 aromatic carbocycles. The number of rotatable bonds is 6. The van der Waals surface area contributed by atoms with E-state index in [0.717, 1.165) is 0 Å². The van der Waals surface area contributed by atoms with Crippen LogP contribution in [0, 0.1) is 0 Å². The third-order valence-electron chi connectivity index (χ3n) is 13.1. The van der Waals surface area contributed by atoms with E-state index < -0.39 is 5.41 Å². The van der Waals surface area contributed by atoms with Crippen LogP contribution in [0.2, 0.25) is 0 Å². The summed E-state index contributed by atoms with van der Waals surface area (Å²) >= 11 is 0. The number of hydrogen-bond donors (Lipinski definition) is 0. The zero-order valence-corrected chi connectivity index (χ0v) is 33.6. The molecule has 0 aliphatic heterocycles. The minimum Gasteiger partial charge on any atom is -0.0622 e. The molecule has 1 aliphatic carbocycles. The Labute approximate surface area is 356 Å². The minimum absolute atomic E-state index is 0.565.